The van der Waals surface area contributed by atoms with Crippen molar-refractivity contribution in [3.05, 3.63) is 33.9 Å². The van der Waals surface area contributed by atoms with Crippen molar-refractivity contribution >= 4 is 34.0 Å². The van der Waals surface area contributed by atoms with Gasteiger partial charge in [0, 0.05) is 36.5 Å². The van der Waals surface area contributed by atoms with Crippen LogP contribution in [0.15, 0.2) is 18.2 Å². The molecule has 0 aliphatic carbocycles. The third-order valence-electron chi connectivity index (χ3n) is 2.65. The molecule has 0 bridgehead atoms. The number of nitrogens with zero attached hydrogens (tertiary/aromatic N) is 2. The van der Waals surface area contributed by atoms with Gasteiger partial charge >= 0.3 is 0 Å². The summed E-state index contributed by atoms with van der Waals surface area (Å²) in [5.74, 6) is 0.475. The molecule has 0 saturated carbocycles. The number of nitro groups is 1. The van der Waals surface area contributed by atoms with Gasteiger partial charge < -0.3 is 10.0 Å². The molecule has 0 radical (unpaired) electrons. The summed E-state index contributed by atoms with van der Waals surface area (Å²) in [4.78, 5) is 12.2. The first kappa shape index (κ1) is 15.7. The maximum Gasteiger partial charge on any atom is 0.270 e. The first-order valence-corrected chi connectivity index (χ1v) is 7.26. The Hall–Kier alpha value is -1.34. The summed E-state index contributed by atoms with van der Waals surface area (Å²) in [6.45, 7) is 5.68. The van der Waals surface area contributed by atoms with Crippen molar-refractivity contribution in [2.24, 2.45) is 0 Å². The molecule has 19 heavy (non-hydrogen) atoms. The van der Waals surface area contributed by atoms with E-state index in [2.05, 4.69) is 0 Å². The average Bonchev–Trinajstić information content (AvgIpc) is 2.38. The van der Waals surface area contributed by atoms with E-state index in [9.17, 15) is 15.2 Å². The van der Waals surface area contributed by atoms with Crippen molar-refractivity contribution in [2.45, 2.75) is 19.6 Å². The van der Waals surface area contributed by atoms with Gasteiger partial charge in [-0.2, -0.15) is 0 Å². The molecule has 0 aromatic heterocycles. The topological polar surface area (TPSA) is 66.6 Å². The van der Waals surface area contributed by atoms with Gasteiger partial charge in [0.15, 0.2) is 0 Å². The quantitative estimate of drug-likeness (QED) is 0.512. The highest BCUT2D eigenvalue weighted by Crippen LogP contribution is 2.27. The predicted molar refractivity (Wildman–Crippen MR) is 81.6 cm³/mol. The second-order valence-corrected chi connectivity index (χ2v) is 5.41. The van der Waals surface area contributed by atoms with Gasteiger partial charge in [-0.1, -0.05) is 24.0 Å². The predicted octanol–water partition coefficient (Wildman–Crippen LogP) is 3.16. The largest absolute Gasteiger partial charge is 0.508 e. The summed E-state index contributed by atoms with van der Waals surface area (Å²) >= 11 is 6.67. The van der Waals surface area contributed by atoms with Crippen LogP contribution < -0.4 is 0 Å². The van der Waals surface area contributed by atoms with E-state index < -0.39 is 4.92 Å². The van der Waals surface area contributed by atoms with Gasteiger partial charge in [0.25, 0.3) is 5.69 Å². The van der Waals surface area contributed by atoms with Crippen LogP contribution in [0.2, 0.25) is 0 Å². The molecule has 0 aliphatic heterocycles. The number of hydrogen-bond donors (Lipinski definition) is 1. The molecule has 0 atom stereocenters. The Labute approximate surface area is 121 Å². The number of thiocarbonyl (C=S) groups is 1. The van der Waals surface area contributed by atoms with E-state index in [0.29, 0.717) is 11.3 Å². The summed E-state index contributed by atoms with van der Waals surface area (Å²) in [6.07, 6.45) is 0. The highest BCUT2D eigenvalue weighted by Gasteiger charge is 2.12. The van der Waals surface area contributed by atoms with E-state index in [1.54, 1.807) is 0 Å². The fourth-order valence-corrected chi connectivity index (χ4v) is 2.90. The van der Waals surface area contributed by atoms with Crippen LogP contribution in [-0.2, 0) is 5.75 Å². The van der Waals surface area contributed by atoms with E-state index in [0.717, 1.165) is 17.4 Å². The smallest absolute Gasteiger partial charge is 0.270 e. The van der Waals surface area contributed by atoms with Crippen LogP contribution in [0.1, 0.15) is 19.4 Å². The molecule has 0 fully saturated rings. The molecule has 104 valence electrons. The molecule has 0 unspecified atom stereocenters. The summed E-state index contributed by atoms with van der Waals surface area (Å²) in [6, 6.07) is 4.01. The third kappa shape index (κ3) is 4.36. The normalized spacial score (nSPS) is 10.2. The minimum absolute atomic E-state index is 0.0258. The van der Waals surface area contributed by atoms with E-state index in [4.69, 9.17) is 12.2 Å². The molecular weight excluding hydrogens is 284 g/mol. The highest BCUT2D eigenvalue weighted by molar-refractivity contribution is 8.22. The average molecular weight is 300 g/mol. The summed E-state index contributed by atoms with van der Waals surface area (Å²) in [7, 11) is 0. The number of thioether (sulfide) groups is 1. The van der Waals surface area contributed by atoms with Gasteiger partial charge in [0.2, 0.25) is 0 Å². The van der Waals surface area contributed by atoms with Crippen molar-refractivity contribution in [1.29, 1.82) is 0 Å². The molecule has 1 aromatic rings. The Kier molecular flexibility index (Phi) is 6.04. The second kappa shape index (κ2) is 7.30. The van der Waals surface area contributed by atoms with Crippen molar-refractivity contribution in [1.82, 2.24) is 4.90 Å². The Morgan fingerprint density at radius 2 is 2.11 bits per heavy atom. The number of rotatable bonds is 5. The summed E-state index contributed by atoms with van der Waals surface area (Å²) in [5, 5.41) is 20.4. The fourth-order valence-electron chi connectivity index (χ4n) is 1.51. The molecule has 7 heteroatoms. The van der Waals surface area contributed by atoms with Crippen molar-refractivity contribution in [2.75, 3.05) is 13.1 Å². The van der Waals surface area contributed by atoms with Crippen molar-refractivity contribution < 1.29 is 10.0 Å². The van der Waals surface area contributed by atoms with E-state index in [1.807, 2.05) is 18.7 Å². The number of phenols is 1. The van der Waals surface area contributed by atoms with Crippen molar-refractivity contribution in [3.63, 3.8) is 0 Å². The monoisotopic (exact) mass is 300 g/mol. The van der Waals surface area contributed by atoms with Crippen LogP contribution in [0, 0.1) is 10.1 Å². The van der Waals surface area contributed by atoms with E-state index >= 15 is 0 Å². The van der Waals surface area contributed by atoms with Crippen LogP contribution in [0.5, 0.6) is 5.75 Å². The number of nitro benzene ring substituents is 1. The Bertz CT molecular complexity index is 476. The first-order chi connectivity index (χ1) is 8.99. The summed E-state index contributed by atoms with van der Waals surface area (Å²) in [5.41, 5.74) is 0.496. The second-order valence-electron chi connectivity index (χ2n) is 3.80. The van der Waals surface area contributed by atoms with Crippen LogP contribution in [0.4, 0.5) is 5.69 Å². The van der Waals surface area contributed by atoms with Crippen LogP contribution in [-0.4, -0.2) is 32.3 Å². The van der Waals surface area contributed by atoms with Crippen molar-refractivity contribution in [3.8, 4) is 5.75 Å². The molecule has 0 spiro atoms. The third-order valence-corrected chi connectivity index (χ3v) is 4.22. The standard InChI is InChI=1S/C12H16N2O3S2/c1-3-13(4-2)12(18)19-8-9-7-10(14(16)17)5-6-11(9)15/h5-7,15H,3-4,8H2,1-2H3. The Balaban J connectivity index is 2.74. The summed E-state index contributed by atoms with van der Waals surface area (Å²) < 4.78 is 0.732. The number of aromatic hydroxyl groups is 1. The number of benzene rings is 1. The lowest BCUT2D eigenvalue weighted by atomic mass is 10.2. The zero-order valence-electron chi connectivity index (χ0n) is 10.8. The lowest BCUT2D eigenvalue weighted by Crippen LogP contribution is -2.26. The van der Waals surface area contributed by atoms with E-state index in [-0.39, 0.29) is 11.4 Å². The molecule has 0 heterocycles. The molecule has 0 aliphatic rings. The van der Waals surface area contributed by atoms with Gasteiger partial charge in [-0.15, -0.1) is 0 Å². The zero-order valence-corrected chi connectivity index (χ0v) is 12.5. The van der Waals surface area contributed by atoms with Gasteiger partial charge in [-0.05, 0) is 19.9 Å². The zero-order chi connectivity index (χ0) is 14.4. The number of phenolic OH excluding ortho intramolecular Hbond substituents is 1. The maximum absolute atomic E-state index is 10.7. The van der Waals surface area contributed by atoms with Gasteiger partial charge in [0.1, 0.15) is 10.1 Å². The SMILES string of the molecule is CCN(CC)C(=S)SCc1cc([N+](=O)[O-])ccc1O. The Morgan fingerprint density at radius 1 is 1.47 bits per heavy atom. The molecule has 1 rings (SSSR count). The van der Waals surface area contributed by atoms with Gasteiger partial charge in [0.05, 0.1) is 4.92 Å². The molecule has 5 nitrogen and oxygen atoms in total. The van der Waals surface area contributed by atoms with Crippen LogP contribution >= 0.6 is 24.0 Å². The number of hydrogen-bond acceptors (Lipinski definition) is 5. The molecule has 0 amide bonds. The molecule has 1 aromatic carbocycles. The lowest BCUT2D eigenvalue weighted by molar-refractivity contribution is -0.384. The Morgan fingerprint density at radius 3 is 2.63 bits per heavy atom. The first-order valence-electron chi connectivity index (χ1n) is 5.87. The van der Waals surface area contributed by atoms with Gasteiger partial charge in [-0.3, -0.25) is 10.1 Å². The van der Waals surface area contributed by atoms with Gasteiger partial charge in [-0.25, -0.2) is 0 Å². The molecule has 0 saturated heterocycles. The molecular formula is C12H16N2O3S2. The minimum atomic E-state index is -0.476. The van der Waals surface area contributed by atoms with Crippen LogP contribution in [0.3, 0.4) is 0 Å². The lowest BCUT2D eigenvalue weighted by Gasteiger charge is -2.20. The fraction of sp³-hybridized carbons (Fsp3) is 0.417. The van der Waals surface area contributed by atoms with E-state index in [1.165, 1.54) is 30.0 Å². The minimum Gasteiger partial charge on any atom is -0.508 e. The van der Waals surface area contributed by atoms with Crippen LogP contribution in [0.25, 0.3) is 0 Å². The molecule has 1 N–H and O–H groups in total. The highest BCUT2D eigenvalue weighted by atomic mass is 32.2. The maximum atomic E-state index is 10.7. The number of non-ortho nitro benzene ring substituents is 1.